The summed E-state index contributed by atoms with van der Waals surface area (Å²) >= 11 is 0. The number of nitriles is 1. The van der Waals surface area contributed by atoms with E-state index in [2.05, 4.69) is 36.4 Å². The second kappa shape index (κ2) is 12.7. The third-order valence-electron chi connectivity index (χ3n) is 5.13. The molecule has 1 aromatic carbocycles. The van der Waals surface area contributed by atoms with E-state index in [1.807, 2.05) is 24.3 Å². The van der Waals surface area contributed by atoms with E-state index in [0.29, 0.717) is 18.3 Å². The number of para-hydroxylation sites is 1. The number of pyridine rings is 1. The Morgan fingerprint density at radius 3 is 2.81 bits per heavy atom. The third kappa shape index (κ3) is 7.09. The van der Waals surface area contributed by atoms with Crippen LogP contribution in [0.2, 0.25) is 0 Å². The Morgan fingerprint density at radius 1 is 1.29 bits per heavy atom. The largest absolute Gasteiger partial charge is 0.453 e. The minimum Gasteiger partial charge on any atom is -0.453 e. The molecule has 8 nitrogen and oxygen atoms in total. The summed E-state index contributed by atoms with van der Waals surface area (Å²) in [6, 6.07) is 10.7. The topological polar surface area (TPSA) is 116 Å². The summed E-state index contributed by atoms with van der Waals surface area (Å²) < 4.78 is 4.51. The molecule has 31 heavy (non-hydrogen) atoms. The number of aromatic nitrogens is 3. The number of alkyl carbamates (subject to hydrolysis) is 1. The van der Waals surface area contributed by atoms with Crippen LogP contribution < -0.4 is 10.6 Å². The van der Waals surface area contributed by atoms with Gasteiger partial charge in [0.2, 0.25) is 0 Å². The fourth-order valence-corrected chi connectivity index (χ4v) is 3.61. The van der Waals surface area contributed by atoms with Gasteiger partial charge in [-0.2, -0.15) is 5.26 Å². The number of aromatic amines is 1. The monoisotopic (exact) mass is 444 g/mol. The third-order valence-corrected chi connectivity index (χ3v) is 5.13. The summed E-state index contributed by atoms with van der Waals surface area (Å²) in [7, 11) is 1.32. The van der Waals surface area contributed by atoms with E-state index in [1.54, 1.807) is 6.20 Å². The van der Waals surface area contributed by atoms with Crippen molar-refractivity contribution in [3.05, 3.63) is 36.3 Å². The molecule has 166 valence electrons. The van der Waals surface area contributed by atoms with E-state index in [1.165, 1.54) is 39.2 Å². The van der Waals surface area contributed by atoms with Crippen molar-refractivity contribution in [3.8, 4) is 6.07 Å². The van der Waals surface area contributed by atoms with E-state index < -0.39 is 6.09 Å². The Hall–Kier alpha value is -2.89. The summed E-state index contributed by atoms with van der Waals surface area (Å²) in [5.74, 6) is 0.665. The second-order valence-electron chi connectivity index (χ2n) is 7.26. The fraction of sp³-hybridized carbons (Fsp3) is 0.455. The Morgan fingerprint density at radius 2 is 2.06 bits per heavy atom. The molecule has 1 aliphatic carbocycles. The summed E-state index contributed by atoms with van der Waals surface area (Å²) in [4.78, 5) is 23.0. The number of benzene rings is 1. The van der Waals surface area contributed by atoms with E-state index in [9.17, 15) is 4.79 Å². The van der Waals surface area contributed by atoms with E-state index in [4.69, 9.17) is 5.26 Å². The molecule has 0 aliphatic heterocycles. The van der Waals surface area contributed by atoms with Crippen molar-refractivity contribution in [2.75, 3.05) is 13.7 Å². The van der Waals surface area contributed by atoms with Crippen LogP contribution >= 0.6 is 12.4 Å². The van der Waals surface area contributed by atoms with Gasteiger partial charge in [-0.1, -0.05) is 37.5 Å². The highest BCUT2D eigenvalue weighted by Crippen LogP contribution is 2.21. The number of ether oxygens (including phenoxy) is 1. The SMILES string of the molecule is COC(=O)NCc1nc2c(cnc3ccccc32)[nH]1.Cl.N#CCCNC1CCCCC1. The van der Waals surface area contributed by atoms with Gasteiger partial charge in [0.15, 0.2) is 0 Å². The number of carbonyl (C=O) groups is 1. The van der Waals surface area contributed by atoms with E-state index >= 15 is 0 Å². The molecule has 0 bridgehead atoms. The van der Waals surface area contributed by atoms with Gasteiger partial charge < -0.3 is 20.4 Å². The minimum atomic E-state index is -0.483. The number of H-pyrrole nitrogens is 1. The predicted octanol–water partition coefficient (Wildman–Crippen LogP) is 4.21. The van der Waals surface area contributed by atoms with Gasteiger partial charge in [0, 0.05) is 24.4 Å². The molecule has 1 amide bonds. The van der Waals surface area contributed by atoms with Crippen LogP contribution in [0.25, 0.3) is 21.9 Å². The molecule has 2 heterocycles. The number of fused-ring (bicyclic) bond motifs is 3. The zero-order chi connectivity index (χ0) is 21.2. The maximum absolute atomic E-state index is 11.0. The van der Waals surface area contributed by atoms with Gasteiger partial charge in [-0.15, -0.1) is 12.4 Å². The van der Waals surface area contributed by atoms with Gasteiger partial charge in [0.05, 0.1) is 42.5 Å². The van der Waals surface area contributed by atoms with Crippen LogP contribution in [-0.4, -0.2) is 40.7 Å². The van der Waals surface area contributed by atoms with E-state index in [-0.39, 0.29) is 19.0 Å². The van der Waals surface area contributed by atoms with Crippen molar-refractivity contribution in [1.82, 2.24) is 25.6 Å². The lowest BCUT2D eigenvalue weighted by atomic mass is 9.95. The highest BCUT2D eigenvalue weighted by molar-refractivity contribution is 6.01. The van der Waals surface area contributed by atoms with Crippen molar-refractivity contribution in [2.45, 2.75) is 51.1 Å². The zero-order valence-corrected chi connectivity index (χ0v) is 18.5. The van der Waals surface area contributed by atoms with Crippen LogP contribution in [0.3, 0.4) is 0 Å². The molecule has 0 radical (unpaired) electrons. The maximum atomic E-state index is 11.0. The number of nitrogens with one attached hydrogen (secondary N) is 3. The predicted molar refractivity (Wildman–Crippen MR) is 123 cm³/mol. The highest BCUT2D eigenvalue weighted by Gasteiger charge is 2.11. The van der Waals surface area contributed by atoms with Crippen molar-refractivity contribution < 1.29 is 9.53 Å². The first-order chi connectivity index (χ1) is 14.7. The minimum absolute atomic E-state index is 0. The molecule has 3 N–H and O–H groups in total. The van der Waals surface area contributed by atoms with Gasteiger partial charge >= 0.3 is 6.09 Å². The van der Waals surface area contributed by atoms with Crippen LogP contribution in [0.5, 0.6) is 0 Å². The van der Waals surface area contributed by atoms with Crippen LogP contribution in [0.4, 0.5) is 4.79 Å². The lowest BCUT2D eigenvalue weighted by Crippen LogP contribution is -2.31. The molecule has 9 heteroatoms. The lowest BCUT2D eigenvalue weighted by Gasteiger charge is -2.22. The Labute approximate surface area is 188 Å². The smallest absolute Gasteiger partial charge is 0.407 e. The molecule has 0 spiro atoms. The first kappa shape index (κ1) is 24.4. The van der Waals surface area contributed by atoms with Gasteiger partial charge in [-0.3, -0.25) is 4.98 Å². The van der Waals surface area contributed by atoms with Gasteiger partial charge in [0.1, 0.15) is 5.82 Å². The molecular weight excluding hydrogens is 416 g/mol. The number of rotatable bonds is 5. The Bertz CT molecular complexity index is 1010. The first-order valence-electron chi connectivity index (χ1n) is 10.4. The normalized spacial score (nSPS) is 13.5. The van der Waals surface area contributed by atoms with Gasteiger partial charge in [-0.05, 0) is 18.9 Å². The molecule has 0 unspecified atom stereocenters. The van der Waals surface area contributed by atoms with Crippen LogP contribution in [0.15, 0.2) is 30.5 Å². The van der Waals surface area contributed by atoms with Crippen LogP contribution in [0, 0.1) is 11.3 Å². The molecule has 3 aromatic rings. The average Bonchev–Trinajstić information content (AvgIpc) is 3.22. The number of amides is 1. The fourth-order valence-electron chi connectivity index (χ4n) is 3.61. The number of methoxy groups -OCH3 is 1. The van der Waals surface area contributed by atoms with Gasteiger partial charge in [-0.25, -0.2) is 9.78 Å². The average molecular weight is 445 g/mol. The summed E-state index contributed by atoms with van der Waals surface area (Å²) in [5, 5.41) is 15.3. The second-order valence-corrected chi connectivity index (χ2v) is 7.26. The van der Waals surface area contributed by atoms with Gasteiger partial charge in [0.25, 0.3) is 0 Å². The molecule has 1 saturated carbocycles. The summed E-state index contributed by atoms with van der Waals surface area (Å²) in [5.41, 5.74) is 2.60. The van der Waals surface area contributed by atoms with Crippen molar-refractivity contribution in [3.63, 3.8) is 0 Å². The Kier molecular flexibility index (Phi) is 10.0. The number of nitrogens with zero attached hydrogens (tertiary/aromatic N) is 3. The lowest BCUT2D eigenvalue weighted by molar-refractivity contribution is 0.170. The standard InChI is InChI=1S/C13H12N4O2.C9H16N2.ClH/c1-19-13(18)15-7-11-16-10-6-14-9-5-3-2-4-8(9)12(10)17-11;10-7-4-8-11-9-5-2-1-3-6-9;/h2-6H,7H2,1H3,(H,15,18)(H,16,17);9,11H,1-6,8H2;1H. The highest BCUT2D eigenvalue weighted by atomic mass is 35.5. The zero-order valence-electron chi connectivity index (χ0n) is 17.7. The number of hydrogen-bond acceptors (Lipinski definition) is 6. The molecule has 1 aliphatic rings. The number of imidazole rings is 1. The summed E-state index contributed by atoms with van der Waals surface area (Å²) in [6.07, 6.45) is 8.66. The first-order valence-corrected chi connectivity index (χ1v) is 10.4. The van der Waals surface area contributed by atoms with Crippen LogP contribution in [0.1, 0.15) is 44.3 Å². The maximum Gasteiger partial charge on any atom is 0.407 e. The number of carbonyl (C=O) groups excluding carboxylic acids is 1. The molecule has 0 saturated heterocycles. The van der Waals surface area contributed by atoms with Crippen molar-refractivity contribution in [1.29, 1.82) is 5.26 Å². The number of halogens is 1. The molecule has 2 aromatic heterocycles. The van der Waals surface area contributed by atoms with Crippen molar-refractivity contribution >= 4 is 40.4 Å². The molecule has 0 atom stereocenters. The van der Waals surface area contributed by atoms with Crippen LogP contribution in [-0.2, 0) is 11.3 Å². The quantitative estimate of drug-likeness (QED) is 0.507. The molecular formula is C22H29ClN6O2. The van der Waals surface area contributed by atoms with E-state index in [0.717, 1.165) is 28.5 Å². The molecule has 1 fully saturated rings. The summed E-state index contributed by atoms with van der Waals surface area (Å²) in [6.45, 7) is 1.16. The van der Waals surface area contributed by atoms with Crippen molar-refractivity contribution in [2.24, 2.45) is 0 Å². The Balaban J connectivity index is 0.000000245. The number of hydrogen-bond donors (Lipinski definition) is 3. The molecule has 4 rings (SSSR count).